The molecule has 0 aromatic heterocycles. The number of carbonyl (C=O) groups is 1. The van der Waals surface area contributed by atoms with Crippen molar-refractivity contribution in [3.8, 4) is 0 Å². The van der Waals surface area contributed by atoms with Gasteiger partial charge in [-0.05, 0) is 38.9 Å². The quantitative estimate of drug-likeness (QED) is 0.530. The molecular weight excluding hydrogens is 250 g/mol. The van der Waals surface area contributed by atoms with Crippen molar-refractivity contribution in [2.45, 2.75) is 58.8 Å². The maximum atomic E-state index is 12.5. The van der Waals surface area contributed by atoms with Gasteiger partial charge in [0.25, 0.3) is 0 Å². The Balaban J connectivity index is 2.35. The smallest absolute Gasteiger partial charge is 0.227 e. The first-order chi connectivity index (χ1) is 9.68. The molecule has 20 heavy (non-hydrogen) atoms. The zero-order chi connectivity index (χ0) is 14.8. The molecule has 0 spiro atoms. The molecule has 0 saturated heterocycles. The monoisotopic (exact) mass is 283 g/mol. The summed E-state index contributed by atoms with van der Waals surface area (Å²) in [5.74, 6) is 0.196. The molecule has 0 unspecified atom stereocenters. The second-order valence-corrected chi connectivity index (χ2v) is 6.04. The summed E-state index contributed by atoms with van der Waals surface area (Å²) in [6.07, 6.45) is 7.73. The maximum Gasteiger partial charge on any atom is 0.227 e. The fourth-order valence-electron chi connectivity index (χ4n) is 3.16. The van der Waals surface area contributed by atoms with Crippen LogP contribution in [0.4, 0.5) is 0 Å². The van der Waals surface area contributed by atoms with Crippen LogP contribution in [-0.2, 0) is 4.79 Å². The van der Waals surface area contributed by atoms with Crippen molar-refractivity contribution in [2.75, 3.05) is 32.7 Å². The Morgan fingerprint density at radius 1 is 1.15 bits per heavy atom. The third-order valence-corrected chi connectivity index (χ3v) is 4.76. The van der Waals surface area contributed by atoms with Crippen LogP contribution >= 0.6 is 0 Å². The summed E-state index contributed by atoms with van der Waals surface area (Å²) in [6, 6.07) is 0. The maximum absolute atomic E-state index is 12.5. The fourth-order valence-corrected chi connectivity index (χ4v) is 3.16. The molecule has 4 heteroatoms. The van der Waals surface area contributed by atoms with Gasteiger partial charge < -0.3 is 16.0 Å². The molecule has 3 N–H and O–H groups in total. The van der Waals surface area contributed by atoms with Gasteiger partial charge in [0.1, 0.15) is 0 Å². The molecule has 4 nitrogen and oxygen atoms in total. The molecule has 0 radical (unpaired) electrons. The van der Waals surface area contributed by atoms with Crippen molar-refractivity contribution < 1.29 is 4.79 Å². The molecule has 0 heterocycles. The molecule has 1 saturated carbocycles. The standard InChI is InChI=1S/C16H33N3O/c1-3-19(4-2)13-9-12-18-15(20)16(14-17)10-7-5-6-8-11-16/h3-14,17H2,1-2H3,(H,18,20). The normalized spacial score (nSPS) is 18.8. The highest BCUT2D eigenvalue weighted by Crippen LogP contribution is 2.34. The number of nitrogens with two attached hydrogens (primary N) is 1. The number of amides is 1. The average Bonchev–Trinajstić information content (AvgIpc) is 2.73. The second-order valence-electron chi connectivity index (χ2n) is 6.04. The largest absolute Gasteiger partial charge is 0.356 e. The summed E-state index contributed by atoms with van der Waals surface area (Å²) in [5, 5.41) is 3.13. The lowest BCUT2D eigenvalue weighted by Crippen LogP contribution is -2.46. The third kappa shape index (κ3) is 5.06. The molecule has 0 aromatic carbocycles. The SMILES string of the molecule is CCN(CC)CCCNC(=O)C1(CN)CCCCCC1. The van der Waals surface area contributed by atoms with Gasteiger partial charge in [-0.2, -0.15) is 0 Å². The Labute approximate surface area is 124 Å². The van der Waals surface area contributed by atoms with Crippen molar-refractivity contribution in [3.63, 3.8) is 0 Å². The number of nitrogens with zero attached hydrogens (tertiary/aromatic N) is 1. The number of rotatable bonds is 8. The van der Waals surface area contributed by atoms with Gasteiger partial charge in [0.2, 0.25) is 5.91 Å². The average molecular weight is 283 g/mol. The predicted molar refractivity (Wildman–Crippen MR) is 84.6 cm³/mol. The van der Waals surface area contributed by atoms with E-state index in [1.807, 2.05) is 0 Å². The highest BCUT2D eigenvalue weighted by atomic mass is 16.2. The van der Waals surface area contributed by atoms with E-state index in [0.29, 0.717) is 6.54 Å². The molecule has 1 rings (SSSR count). The zero-order valence-corrected chi connectivity index (χ0v) is 13.4. The van der Waals surface area contributed by atoms with E-state index in [0.717, 1.165) is 58.3 Å². The van der Waals surface area contributed by atoms with Gasteiger partial charge in [0, 0.05) is 13.1 Å². The molecule has 1 fully saturated rings. The second kappa shape index (κ2) is 9.35. The van der Waals surface area contributed by atoms with Crippen molar-refractivity contribution >= 4 is 5.91 Å². The summed E-state index contributed by atoms with van der Waals surface area (Å²) < 4.78 is 0. The zero-order valence-electron chi connectivity index (χ0n) is 13.4. The lowest BCUT2D eigenvalue weighted by Gasteiger charge is -2.30. The minimum absolute atomic E-state index is 0.196. The Kier molecular flexibility index (Phi) is 8.15. The molecule has 0 atom stereocenters. The lowest BCUT2D eigenvalue weighted by molar-refractivity contribution is -0.131. The van der Waals surface area contributed by atoms with Crippen molar-refractivity contribution in [1.29, 1.82) is 0 Å². The first kappa shape index (κ1) is 17.4. The number of nitrogens with one attached hydrogen (secondary N) is 1. The number of hydrogen-bond acceptors (Lipinski definition) is 3. The van der Waals surface area contributed by atoms with Crippen LogP contribution in [-0.4, -0.2) is 43.5 Å². The number of hydrogen-bond donors (Lipinski definition) is 2. The van der Waals surface area contributed by atoms with Gasteiger partial charge in [-0.1, -0.05) is 39.5 Å². The van der Waals surface area contributed by atoms with E-state index in [-0.39, 0.29) is 11.3 Å². The summed E-state index contributed by atoms with van der Waals surface area (Å²) in [5.41, 5.74) is 5.65. The first-order valence-corrected chi connectivity index (χ1v) is 8.39. The van der Waals surface area contributed by atoms with Crippen molar-refractivity contribution in [3.05, 3.63) is 0 Å². The van der Waals surface area contributed by atoms with Gasteiger partial charge in [0.05, 0.1) is 5.41 Å². The van der Waals surface area contributed by atoms with E-state index in [9.17, 15) is 4.79 Å². The molecule has 0 bridgehead atoms. The van der Waals surface area contributed by atoms with Gasteiger partial charge in [-0.25, -0.2) is 0 Å². The van der Waals surface area contributed by atoms with Crippen LogP contribution in [0.15, 0.2) is 0 Å². The van der Waals surface area contributed by atoms with Crippen LogP contribution in [0.3, 0.4) is 0 Å². The molecule has 0 aromatic rings. The molecule has 118 valence electrons. The highest BCUT2D eigenvalue weighted by Gasteiger charge is 2.36. The van der Waals surface area contributed by atoms with Crippen LogP contribution < -0.4 is 11.1 Å². The van der Waals surface area contributed by atoms with E-state index in [1.165, 1.54) is 12.8 Å². The summed E-state index contributed by atoms with van der Waals surface area (Å²) in [7, 11) is 0. The minimum Gasteiger partial charge on any atom is -0.356 e. The van der Waals surface area contributed by atoms with E-state index in [1.54, 1.807) is 0 Å². The third-order valence-electron chi connectivity index (χ3n) is 4.76. The number of carbonyl (C=O) groups excluding carboxylic acids is 1. The van der Waals surface area contributed by atoms with Crippen LogP contribution in [0.25, 0.3) is 0 Å². The highest BCUT2D eigenvalue weighted by molar-refractivity contribution is 5.82. The molecule has 1 aliphatic rings. The fraction of sp³-hybridized carbons (Fsp3) is 0.938. The Morgan fingerprint density at radius 2 is 1.75 bits per heavy atom. The molecule has 0 aliphatic heterocycles. The van der Waals surface area contributed by atoms with Crippen LogP contribution in [0.2, 0.25) is 0 Å². The Hall–Kier alpha value is -0.610. The summed E-state index contributed by atoms with van der Waals surface area (Å²) >= 11 is 0. The molecule has 1 amide bonds. The summed E-state index contributed by atoms with van der Waals surface area (Å²) in [6.45, 7) is 8.84. The van der Waals surface area contributed by atoms with Gasteiger partial charge in [0.15, 0.2) is 0 Å². The minimum atomic E-state index is -0.286. The van der Waals surface area contributed by atoms with E-state index >= 15 is 0 Å². The van der Waals surface area contributed by atoms with E-state index < -0.39 is 0 Å². The summed E-state index contributed by atoms with van der Waals surface area (Å²) in [4.78, 5) is 14.9. The van der Waals surface area contributed by atoms with Crippen molar-refractivity contribution in [1.82, 2.24) is 10.2 Å². The van der Waals surface area contributed by atoms with Gasteiger partial charge in [-0.3, -0.25) is 4.79 Å². The van der Waals surface area contributed by atoms with E-state index in [4.69, 9.17) is 5.73 Å². The molecule has 1 aliphatic carbocycles. The van der Waals surface area contributed by atoms with E-state index in [2.05, 4.69) is 24.1 Å². The Morgan fingerprint density at radius 3 is 2.25 bits per heavy atom. The van der Waals surface area contributed by atoms with Gasteiger partial charge >= 0.3 is 0 Å². The first-order valence-electron chi connectivity index (χ1n) is 8.39. The lowest BCUT2D eigenvalue weighted by atomic mass is 9.79. The molecular formula is C16H33N3O. The topological polar surface area (TPSA) is 58.4 Å². The van der Waals surface area contributed by atoms with Crippen LogP contribution in [0.1, 0.15) is 58.8 Å². The van der Waals surface area contributed by atoms with Crippen LogP contribution in [0, 0.1) is 5.41 Å². The van der Waals surface area contributed by atoms with Crippen LogP contribution in [0.5, 0.6) is 0 Å². The van der Waals surface area contributed by atoms with Gasteiger partial charge in [-0.15, -0.1) is 0 Å². The van der Waals surface area contributed by atoms with Crippen molar-refractivity contribution in [2.24, 2.45) is 11.1 Å². The predicted octanol–water partition coefficient (Wildman–Crippen LogP) is 2.13. The Bertz CT molecular complexity index is 269.